The first-order valence-corrected chi connectivity index (χ1v) is 8.21. The van der Waals surface area contributed by atoms with Crippen LogP contribution in [0, 0.1) is 5.41 Å². The minimum atomic E-state index is -0.982. The molecule has 1 amide bonds. The van der Waals surface area contributed by atoms with E-state index in [1.165, 1.54) is 18.6 Å². The van der Waals surface area contributed by atoms with Crippen molar-refractivity contribution in [3.63, 3.8) is 0 Å². The lowest BCUT2D eigenvalue weighted by Gasteiger charge is -2.63. The van der Waals surface area contributed by atoms with E-state index in [-0.39, 0.29) is 29.0 Å². The second-order valence-corrected chi connectivity index (χ2v) is 6.58. The van der Waals surface area contributed by atoms with Crippen LogP contribution in [-0.4, -0.2) is 47.7 Å². The van der Waals surface area contributed by atoms with Crippen molar-refractivity contribution in [2.45, 2.75) is 44.8 Å². The van der Waals surface area contributed by atoms with Gasteiger partial charge in [-0.25, -0.2) is 4.79 Å². The molecule has 2 aliphatic rings. The van der Waals surface area contributed by atoms with Crippen LogP contribution in [0.2, 0.25) is 0 Å². The summed E-state index contributed by atoms with van der Waals surface area (Å²) in [4.78, 5) is 25.4. The highest BCUT2D eigenvalue weighted by Gasteiger charge is 2.60. The van der Waals surface area contributed by atoms with Crippen molar-refractivity contribution in [3.8, 4) is 0 Å². The Balaban J connectivity index is 1.71. The Kier molecular flexibility index (Phi) is 4.15. The van der Waals surface area contributed by atoms with Gasteiger partial charge in [-0.2, -0.15) is 0 Å². The van der Waals surface area contributed by atoms with Gasteiger partial charge in [0.05, 0.1) is 11.7 Å². The molecule has 5 heteroatoms. The van der Waals surface area contributed by atoms with Gasteiger partial charge in [-0.15, -0.1) is 0 Å². The van der Waals surface area contributed by atoms with Gasteiger partial charge in [-0.1, -0.05) is 6.42 Å². The van der Waals surface area contributed by atoms with E-state index in [1.54, 1.807) is 12.1 Å². The molecule has 1 N–H and O–H groups in total. The maximum absolute atomic E-state index is 12.7. The molecule has 124 valence electrons. The molecule has 0 bridgehead atoms. The largest absolute Gasteiger partial charge is 0.478 e. The SMILES string of the molecule is CCOC1CC(N(C)C(=O)c2ccc(C(=O)O)cc2)C12CCC2. The van der Waals surface area contributed by atoms with E-state index < -0.39 is 5.97 Å². The summed E-state index contributed by atoms with van der Waals surface area (Å²) in [5.41, 5.74) is 0.869. The van der Waals surface area contributed by atoms with Gasteiger partial charge >= 0.3 is 5.97 Å². The van der Waals surface area contributed by atoms with E-state index in [4.69, 9.17) is 9.84 Å². The van der Waals surface area contributed by atoms with Crippen molar-refractivity contribution in [1.29, 1.82) is 0 Å². The Labute approximate surface area is 136 Å². The minimum absolute atomic E-state index is 0.0480. The summed E-state index contributed by atoms with van der Waals surface area (Å²) in [7, 11) is 1.85. The van der Waals surface area contributed by atoms with Crippen LogP contribution in [0.15, 0.2) is 24.3 Å². The predicted molar refractivity (Wildman–Crippen MR) is 85.6 cm³/mol. The van der Waals surface area contributed by atoms with Gasteiger partial charge in [-0.05, 0) is 50.5 Å². The van der Waals surface area contributed by atoms with Gasteiger partial charge in [0.15, 0.2) is 0 Å². The van der Waals surface area contributed by atoms with E-state index >= 15 is 0 Å². The van der Waals surface area contributed by atoms with Crippen LogP contribution in [-0.2, 0) is 4.74 Å². The number of carboxylic acids is 1. The van der Waals surface area contributed by atoms with E-state index in [9.17, 15) is 9.59 Å². The number of ether oxygens (including phenoxy) is 1. The van der Waals surface area contributed by atoms with Gasteiger partial charge in [0.2, 0.25) is 0 Å². The van der Waals surface area contributed by atoms with Gasteiger partial charge in [0.25, 0.3) is 5.91 Å². The van der Waals surface area contributed by atoms with E-state index in [0.717, 1.165) is 19.3 Å². The van der Waals surface area contributed by atoms with Crippen LogP contribution in [0.5, 0.6) is 0 Å². The quantitative estimate of drug-likeness (QED) is 0.907. The van der Waals surface area contributed by atoms with Crippen LogP contribution >= 0.6 is 0 Å². The molecule has 2 saturated carbocycles. The van der Waals surface area contributed by atoms with Crippen LogP contribution < -0.4 is 0 Å². The first-order valence-electron chi connectivity index (χ1n) is 8.21. The first kappa shape index (κ1) is 16.0. The fourth-order valence-corrected chi connectivity index (χ4v) is 4.05. The maximum Gasteiger partial charge on any atom is 0.335 e. The fraction of sp³-hybridized carbons (Fsp3) is 0.556. The molecular formula is C18H23NO4. The van der Waals surface area contributed by atoms with Crippen molar-refractivity contribution in [3.05, 3.63) is 35.4 Å². The number of carboxylic acid groups (broad SMARTS) is 1. The lowest BCUT2D eigenvalue weighted by molar-refractivity contribution is -0.192. The highest BCUT2D eigenvalue weighted by Crippen LogP contribution is 2.59. The zero-order chi connectivity index (χ0) is 16.6. The second-order valence-electron chi connectivity index (χ2n) is 6.58. The lowest BCUT2D eigenvalue weighted by Crippen LogP contribution is -2.67. The number of aromatic carboxylic acids is 1. The fourth-order valence-electron chi connectivity index (χ4n) is 4.05. The van der Waals surface area contributed by atoms with Crippen molar-refractivity contribution in [2.75, 3.05) is 13.7 Å². The molecule has 0 radical (unpaired) electrons. The van der Waals surface area contributed by atoms with Crippen LogP contribution in [0.1, 0.15) is 53.3 Å². The molecule has 3 rings (SSSR count). The number of hydrogen-bond acceptors (Lipinski definition) is 3. The lowest BCUT2D eigenvalue weighted by atomic mass is 9.50. The molecule has 23 heavy (non-hydrogen) atoms. The summed E-state index contributed by atoms with van der Waals surface area (Å²) in [6.45, 7) is 2.73. The monoisotopic (exact) mass is 317 g/mol. The van der Waals surface area contributed by atoms with Gasteiger partial charge in [0, 0.05) is 30.7 Å². The van der Waals surface area contributed by atoms with Crippen molar-refractivity contribution < 1.29 is 19.4 Å². The van der Waals surface area contributed by atoms with Gasteiger partial charge < -0.3 is 14.7 Å². The number of rotatable bonds is 5. The number of amides is 1. The van der Waals surface area contributed by atoms with Gasteiger partial charge in [-0.3, -0.25) is 4.79 Å². The highest BCUT2D eigenvalue weighted by molar-refractivity contribution is 5.96. The molecule has 1 aromatic rings. The number of nitrogens with zero attached hydrogens (tertiary/aromatic N) is 1. The molecule has 5 nitrogen and oxygen atoms in total. The van der Waals surface area contributed by atoms with E-state index in [1.807, 2.05) is 18.9 Å². The molecular weight excluding hydrogens is 294 g/mol. The first-order chi connectivity index (χ1) is 11.0. The third-order valence-corrected chi connectivity index (χ3v) is 5.56. The Morgan fingerprint density at radius 3 is 2.35 bits per heavy atom. The van der Waals surface area contributed by atoms with Crippen molar-refractivity contribution in [2.24, 2.45) is 5.41 Å². The second kappa shape index (κ2) is 5.96. The number of carbonyl (C=O) groups excluding carboxylic acids is 1. The molecule has 2 fully saturated rings. The standard InChI is InChI=1S/C18H23NO4/c1-3-23-15-11-14(18(15)9-4-10-18)19(2)16(20)12-5-7-13(8-6-12)17(21)22/h5-8,14-15H,3-4,9-11H2,1-2H3,(H,21,22). The third kappa shape index (κ3) is 2.53. The van der Waals surface area contributed by atoms with Crippen molar-refractivity contribution >= 4 is 11.9 Å². The maximum atomic E-state index is 12.7. The van der Waals surface area contributed by atoms with E-state index in [2.05, 4.69) is 0 Å². The topological polar surface area (TPSA) is 66.8 Å². The van der Waals surface area contributed by atoms with Crippen LogP contribution in [0.25, 0.3) is 0 Å². The Hall–Kier alpha value is -1.88. The predicted octanol–water partition coefficient (Wildman–Crippen LogP) is 2.80. The molecule has 2 atom stereocenters. The summed E-state index contributed by atoms with van der Waals surface area (Å²) in [6.07, 6.45) is 4.62. The molecule has 1 spiro atoms. The minimum Gasteiger partial charge on any atom is -0.478 e. The average Bonchev–Trinajstić information content (AvgIpc) is 2.48. The Morgan fingerprint density at radius 1 is 1.26 bits per heavy atom. The van der Waals surface area contributed by atoms with Gasteiger partial charge in [0.1, 0.15) is 0 Å². The summed E-state index contributed by atoms with van der Waals surface area (Å²) in [5.74, 6) is -1.03. The Morgan fingerprint density at radius 2 is 1.87 bits per heavy atom. The molecule has 0 aromatic heterocycles. The number of carbonyl (C=O) groups is 2. The molecule has 1 aromatic carbocycles. The number of hydrogen-bond donors (Lipinski definition) is 1. The highest BCUT2D eigenvalue weighted by atomic mass is 16.5. The normalized spacial score (nSPS) is 24.6. The third-order valence-electron chi connectivity index (χ3n) is 5.56. The smallest absolute Gasteiger partial charge is 0.335 e. The molecule has 0 aliphatic heterocycles. The molecule has 2 unspecified atom stereocenters. The Bertz CT molecular complexity index is 606. The summed E-state index contributed by atoms with van der Waals surface area (Å²) < 4.78 is 5.84. The average molecular weight is 317 g/mol. The summed E-state index contributed by atoms with van der Waals surface area (Å²) in [6, 6.07) is 6.36. The molecule has 2 aliphatic carbocycles. The zero-order valence-corrected chi connectivity index (χ0v) is 13.6. The summed E-state index contributed by atoms with van der Waals surface area (Å²) in [5, 5.41) is 8.94. The number of benzene rings is 1. The van der Waals surface area contributed by atoms with Crippen LogP contribution in [0.4, 0.5) is 0 Å². The summed E-state index contributed by atoms with van der Waals surface area (Å²) >= 11 is 0. The molecule has 0 heterocycles. The van der Waals surface area contributed by atoms with Crippen molar-refractivity contribution in [1.82, 2.24) is 4.90 Å². The van der Waals surface area contributed by atoms with Crippen LogP contribution in [0.3, 0.4) is 0 Å². The zero-order valence-electron chi connectivity index (χ0n) is 13.6. The van der Waals surface area contributed by atoms with E-state index in [0.29, 0.717) is 12.2 Å². The molecule has 0 saturated heterocycles.